The second-order valence-corrected chi connectivity index (χ2v) is 6.36. The Kier molecular flexibility index (Phi) is 5.45. The van der Waals surface area contributed by atoms with Gasteiger partial charge in [0.15, 0.2) is 6.10 Å². The number of aliphatic hydroxyl groups is 1. The van der Waals surface area contributed by atoms with Crippen LogP contribution in [0.1, 0.15) is 18.4 Å². The molecule has 25 heavy (non-hydrogen) atoms. The Balaban J connectivity index is 1.61. The first-order valence-corrected chi connectivity index (χ1v) is 8.35. The number of carbonyl (C=O) groups excluding carboxylic acids is 1. The van der Waals surface area contributed by atoms with Crippen LogP contribution in [0.2, 0.25) is 0 Å². The molecule has 0 aliphatic carbocycles. The number of rotatable bonds is 5. The molecule has 1 atom stereocenters. The smallest absolute Gasteiger partial charge is 0.334 e. The molecule has 1 aromatic carbocycles. The molecule has 7 heteroatoms. The molecule has 134 valence electrons. The number of esters is 1. The van der Waals surface area contributed by atoms with Gasteiger partial charge in [-0.05, 0) is 56.1 Å². The molecule has 3 rings (SSSR count). The van der Waals surface area contributed by atoms with Crippen LogP contribution in [0.15, 0.2) is 30.5 Å². The van der Waals surface area contributed by atoms with E-state index < -0.39 is 12.1 Å². The van der Waals surface area contributed by atoms with E-state index in [-0.39, 0.29) is 11.7 Å². The highest BCUT2D eigenvalue weighted by molar-refractivity contribution is 5.74. The largest absolute Gasteiger partial charge is 0.467 e. The van der Waals surface area contributed by atoms with E-state index in [2.05, 4.69) is 19.8 Å². The van der Waals surface area contributed by atoms with Crippen molar-refractivity contribution < 1.29 is 19.0 Å². The number of carbonyl (C=O) groups is 1. The summed E-state index contributed by atoms with van der Waals surface area (Å²) in [5.41, 5.74) is 2.82. The van der Waals surface area contributed by atoms with Crippen LogP contribution in [0.4, 0.5) is 4.39 Å². The average Bonchev–Trinajstić information content (AvgIpc) is 3.10. The summed E-state index contributed by atoms with van der Waals surface area (Å²) in [4.78, 5) is 13.7. The van der Waals surface area contributed by atoms with Crippen LogP contribution in [-0.2, 0) is 16.1 Å². The number of nitrogens with zero attached hydrogens (tertiary/aromatic N) is 2. The predicted octanol–water partition coefficient (Wildman–Crippen LogP) is 1.96. The van der Waals surface area contributed by atoms with Gasteiger partial charge in [-0.25, -0.2) is 9.18 Å². The molecule has 1 fully saturated rings. The molecule has 6 nitrogen and oxygen atoms in total. The van der Waals surface area contributed by atoms with E-state index in [9.17, 15) is 14.3 Å². The van der Waals surface area contributed by atoms with Crippen molar-refractivity contribution in [3.63, 3.8) is 0 Å². The van der Waals surface area contributed by atoms with Gasteiger partial charge in [0.1, 0.15) is 5.82 Å². The van der Waals surface area contributed by atoms with Crippen LogP contribution in [0, 0.1) is 11.7 Å². The van der Waals surface area contributed by atoms with Gasteiger partial charge in [-0.15, -0.1) is 0 Å². The highest BCUT2D eigenvalue weighted by Gasteiger charge is 2.30. The van der Waals surface area contributed by atoms with E-state index in [4.69, 9.17) is 0 Å². The van der Waals surface area contributed by atoms with Crippen molar-refractivity contribution in [3.8, 4) is 11.3 Å². The topological polar surface area (TPSA) is 78.5 Å². The number of likely N-dealkylation sites (tertiary alicyclic amines) is 1. The fourth-order valence-corrected chi connectivity index (χ4v) is 3.28. The minimum absolute atomic E-state index is 0.0652. The number of ether oxygens (including phenoxy) is 1. The molecule has 0 amide bonds. The van der Waals surface area contributed by atoms with Gasteiger partial charge in [0.05, 0.1) is 19.0 Å². The lowest BCUT2D eigenvalue weighted by molar-refractivity contribution is -0.154. The van der Waals surface area contributed by atoms with E-state index in [1.54, 1.807) is 18.3 Å². The number of benzene rings is 1. The predicted molar refractivity (Wildman–Crippen MR) is 90.0 cm³/mol. The third kappa shape index (κ3) is 4.05. The molecule has 0 bridgehead atoms. The summed E-state index contributed by atoms with van der Waals surface area (Å²) < 4.78 is 17.7. The Morgan fingerprint density at radius 2 is 2.08 bits per heavy atom. The lowest BCUT2D eigenvalue weighted by Gasteiger charge is -2.33. The van der Waals surface area contributed by atoms with Crippen molar-refractivity contribution in [1.82, 2.24) is 15.1 Å². The molecule has 0 radical (unpaired) electrons. The fraction of sp³-hybridized carbons (Fsp3) is 0.444. The van der Waals surface area contributed by atoms with Gasteiger partial charge >= 0.3 is 5.97 Å². The van der Waals surface area contributed by atoms with Crippen molar-refractivity contribution in [1.29, 1.82) is 0 Å². The number of halogens is 1. The van der Waals surface area contributed by atoms with Gasteiger partial charge in [-0.3, -0.25) is 10.00 Å². The van der Waals surface area contributed by atoms with Crippen molar-refractivity contribution in [2.75, 3.05) is 20.2 Å². The van der Waals surface area contributed by atoms with E-state index in [1.165, 1.54) is 19.2 Å². The van der Waals surface area contributed by atoms with Gasteiger partial charge in [-0.1, -0.05) is 0 Å². The van der Waals surface area contributed by atoms with Gasteiger partial charge in [0.2, 0.25) is 0 Å². The van der Waals surface area contributed by atoms with Gasteiger partial charge < -0.3 is 9.84 Å². The lowest BCUT2D eigenvalue weighted by atomic mass is 9.91. The summed E-state index contributed by atoms with van der Waals surface area (Å²) in [6.07, 6.45) is 2.21. The summed E-state index contributed by atoms with van der Waals surface area (Å²) in [5, 5.41) is 17.1. The van der Waals surface area contributed by atoms with Crippen LogP contribution in [0.25, 0.3) is 11.3 Å². The number of nitrogens with one attached hydrogen (secondary N) is 1. The molecule has 1 aliphatic rings. The summed E-state index contributed by atoms with van der Waals surface area (Å²) in [7, 11) is 1.29. The Morgan fingerprint density at radius 1 is 1.40 bits per heavy atom. The molecule has 2 aromatic rings. The van der Waals surface area contributed by atoms with Crippen molar-refractivity contribution in [2.24, 2.45) is 5.92 Å². The van der Waals surface area contributed by atoms with Crippen LogP contribution in [-0.4, -0.2) is 52.5 Å². The van der Waals surface area contributed by atoms with Crippen LogP contribution < -0.4 is 0 Å². The highest BCUT2D eigenvalue weighted by atomic mass is 19.1. The first-order valence-electron chi connectivity index (χ1n) is 8.35. The normalized spacial score (nSPS) is 17.4. The molecule has 1 aromatic heterocycles. The average molecular weight is 347 g/mol. The maximum atomic E-state index is 13.1. The summed E-state index contributed by atoms with van der Waals surface area (Å²) >= 11 is 0. The first-order chi connectivity index (χ1) is 12.1. The molecule has 0 spiro atoms. The third-order valence-electron chi connectivity index (χ3n) is 4.77. The minimum Gasteiger partial charge on any atom is -0.467 e. The fourth-order valence-electron chi connectivity index (χ4n) is 3.28. The Labute approximate surface area is 145 Å². The SMILES string of the molecule is COC(=O)C(O)C1CCN(Cc2cn[nH]c2-c2ccc(F)cc2)CC1. The molecule has 1 unspecified atom stereocenters. The number of aromatic nitrogens is 2. The third-order valence-corrected chi connectivity index (χ3v) is 4.77. The molecule has 2 N–H and O–H groups in total. The molecule has 0 saturated carbocycles. The standard InChI is InChI=1S/C18H22FN3O3/c1-25-18(24)17(23)13-6-8-22(9-7-13)11-14-10-20-21-16(14)12-2-4-15(19)5-3-12/h2-5,10,13,17,23H,6-9,11H2,1H3,(H,20,21). The van der Waals surface area contributed by atoms with E-state index in [1.807, 2.05) is 0 Å². The molecular weight excluding hydrogens is 325 g/mol. The van der Waals surface area contributed by atoms with E-state index in [0.29, 0.717) is 6.54 Å². The van der Waals surface area contributed by atoms with Crippen molar-refractivity contribution in [3.05, 3.63) is 41.8 Å². The first kappa shape index (κ1) is 17.6. The molecule has 1 aliphatic heterocycles. The Morgan fingerprint density at radius 3 is 2.72 bits per heavy atom. The van der Waals surface area contributed by atoms with E-state index >= 15 is 0 Å². The zero-order chi connectivity index (χ0) is 17.8. The maximum Gasteiger partial charge on any atom is 0.334 e. The van der Waals surface area contributed by atoms with Gasteiger partial charge in [-0.2, -0.15) is 5.10 Å². The monoisotopic (exact) mass is 347 g/mol. The van der Waals surface area contributed by atoms with E-state index in [0.717, 1.165) is 42.8 Å². The van der Waals surface area contributed by atoms with Gasteiger partial charge in [0.25, 0.3) is 0 Å². The van der Waals surface area contributed by atoms with Crippen molar-refractivity contribution >= 4 is 5.97 Å². The highest BCUT2D eigenvalue weighted by Crippen LogP contribution is 2.26. The number of hydrogen-bond acceptors (Lipinski definition) is 5. The van der Waals surface area contributed by atoms with Crippen LogP contribution >= 0.6 is 0 Å². The summed E-state index contributed by atoms with van der Waals surface area (Å²) in [6, 6.07) is 6.32. The lowest BCUT2D eigenvalue weighted by Crippen LogP contribution is -2.40. The number of hydrogen-bond donors (Lipinski definition) is 2. The van der Waals surface area contributed by atoms with Crippen LogP contribution in [0.3, 0.4) is 0 Å². The van der Waals surface area contributed by atoms with Crippen molar-refractivity contribution in [2.45, 2.75) is 25.5 Å². The second-order valence-electron chi connectivity index (χ2n) is 6.36. The van der Waals surface area contributed by atoms with Crippen LogP contribution in [0.5, 0.6) is 0 Å². The zero-order valence-corrected chi connectivity index (χ0v) is 14.1. The number of piperidine rings is 1. The molecule has 2 heterocycles. The second kappa shape index (κ2) is 7.76. The maximum absolute atomic E-state index is 13.1. The minimum atomic E-state index is -1.05. The van der Waals surface area contributed by atoms with Gasteiger partial charge in [0, 0.05) is 17.7 Å². The number of aliphatic hydroxyl groups excluding tert-OH is 1. The number of H-pyrrole nitrogens is 1. The molecule has 1 saturated heterocycles. The number of aromatic amines is 1. The summed E-state index contributed by atoms with van der Waals surface area (Å²) in [6.45, 7) is 2.28. The number of methoxy groups -OCH3 is 1. The summed E-state index contributed by atoms with van der Waals surface area (Å²) in [5.74, 6) is -0.896. The Hall–Kier alpha value is -2.25. The Bertz CT molecular complexity index is 709. The quantitative estimate of drug-likeness (QED) is 0.809. The zero-order valence-electron chi connectivity index (χ0n) is 14.1. The molecular formula is C18H22FN3O3.